The molecule has 0 bridgehead atoms. The molecule has 4 N–H and O–H groups in total. The molecular formula is C13H12FN3O3S. The van der Waals surface area contributed by atoms with Crippen molar-refractivity contribution in [1.82, 2.24) is 0 Å². The molecule has 0 fully saturated rings. The van der Waals surface area contributed by atoms with Crippen LogP contribution in [0.25, 0.3) is 0 Å². The molecule has 0 atom stereocenters. The number of anilines is 1. The second-order valence-corrected chi connectivity index (χ2v) is 5.78. The summed E-state index contributed by atoms with van der Waals surface area (Å²) in [6.45, 7) is 0. The van der Waals surface area contributed by atoms with Crippen molar-refractivity contribution in [3.63, 3.8) is 0 Å². The van der Waals surface area contributed by atoms with E-state index in [2.05, 4.69) is 9.88 Å². The molecule has 0 saturated heterocycles. The van der Waals surface area contributed by atoms with E-state index < -0.39 is 15.8 Å². The van der Waals surface area contributed by atoms with E-state index in [9.17, 15) is 12.8 Å². The quantitative estimate of drug-likeness (QED) is 0.346. The van der Waals surface area contributed by atoms with Gasteiger partial charge in [-0.05, 0) is 30.3 Å². The zero-order valence-corrected chi connectivity index (χ0v) is 11.5. The molecule has 0 aliphatic rings. The summed E-state index contributed by atoms with van der Waals surface area (Å²) in [4.78, 5) is 0.0184. The van der Waals surface area contributed by atoms with Crippen LogP contribution < -0.4 is 10.5 Å². The van der Waals surface area contributed by atoms with Crippen molar-refractivity contribution < 1.29 is 18.0 Å². The van der Waals surface area contributed by atoms with Gasteiger partial charge in [-0.25, -0.2) is 12.8 Å². The maximum Gasteiger partial charge on any atom is 0.261 e. The lowest BCUT2D eigenvalue weighted by Gasteiger charge is -2.09. The number of hydrogen-bond acceptors (Lipinski definition) is 4. The average molecular weight is 309 g/mol. The van der Waals surface area contributed by atoms with E-state index in [0.717, 1.165) is 6.07 Å². The minimum absolute atomic E-state index is 0.0184. The summed E-state index contributed by atoms with van der Waals surface area (Å²) in [5.74, 6) is -1.11. The Hall–Kier alpha value is -2.61. The molecule has 0 aliphatic heterocycles. The Kier molecular flexibility index (Phi) is 4.08. The van der Waals surface area contributed by atoms with Crippen LogP contribution in [0.4, 0.5) is 10.1 Å². The Bertz CT molecular complexity index is 777. The summed E-state index contributed by atoms with van der Waals surface area (Å²) in [7, 11) is -3.88. The summed E-state index contributed by atoms with van der Waals surface area (Å²) in [5, 5.41) is 11.3. The molecule has 21 heavy (non-hydrogen) atoms. The van der Waals surface area contributed by atoms with Gasteiger partial charge in [0.2, 0.25) is 0 Å². The topological polar surface area (TPSA) is 105 Å². The first-order chi connectivity index (χ1) is 9.94. The molecule has 8 heteroatoms. The van der Waals surface area contributed by atoms with Crippen molar-refractivity contribution in [3.8, 4) is 0 Å². The standard InChI is InChI=1S/C13H12FN3O3S/c14-11-8-9(13(15)16-18)6-7-12(11)17-21(19,20)10-4-2-1-3-5-10/h1-8,17-18H,(H2,15,16). The lowest BCUT2D eigenvalue weighted by atomic mass is 10.2. The predicted molar refractivity (Wildman–Crippen MR) is 76.2 cm³/mol. The van der Waals surface area contributed by atoms with Gasteiger partial charge in [-0.1, -0.05) is 23.4 Å². The van der Waals surface area contributed by atoms with Gasteiger partial charge in [-0.2, -0.15) is 0 Å². The van der Waals surface area contributed by atoms with Gasteiger partial charge in [0.05, 0.1) is 10.6 Å². The van der Waals surface area contributed by atoms with E-state index in [1.165, 1.54) is 24.3 Å². The van der Waals surface area contributed by atoms with Crippen molar-refractivity contribution >= 4 is 21.5 Å². The zero-order chi connectivity index (χ0) is 15.5. The summed E-state index contributed by atoms with van der Waals surface area (Å²) >= 11 is 0. The third-order valence-electron chi connectivity index (χ3n) is 2.67. The van der Waals surface area contributed by atoms with Crippen molar-refractivity contribution in [3.05, 3.63) is 59.9 Å². The van der Waals surface area contributed by atoms with Gasteiger partial charge in [0.15, 0.2) is 5.84 Å². The van der Waals surface area contributed by atoms with E-state index in [1.54, 1.807) is 18.2 Å². The largest absolute Gasteiger partial charge is 0.409 e. The molecule has 0 heterocycles. The van der Waals surface area contributed by atoms with Gasteiger partial charge >= 0.3 is 0 Å². The first-order valence-corrected chi connectivity index (χ1v) is 7.27. The summed E-state index contributed by atoms with van der Waals surface area (Å²) < 4.78 is 40.1. The number of amidine groups is 1. The normalized spacial score (nSPS) is 12.1. The lowest BCUT2D eigenvalue weighted by molar-refractivity contribution is 0.318. The molecule has 2 rings (SSSR count). The average Bonchev–Trinajstić information content (AvgIpc) is 2.49. The summed E-state index contributed by atoms with van der Waals surface area (Å²) in [6.07, 6.45) is 0. The fraction of sp³-hybridized carbons (Fsp3) is 0. The van der Waals surface area contributed by atoms with Crippen LogP contribution >= 0.6 is 0 Å². The molecule has 6 nitrogen and oxygen atoms in total. The number of oxime groups is 1. The highest BCUT2D eigenvalue weighted by Crippen LogP contribution is 2.20. The molecule has 2 aromatic rings. The highest BCUT2D eigenvalue weighted by atomic mass is 32.2. The minimum Gasteiger partial charge on any atom is -0.409 e. The molecule has 110 valence electrons. The lowest BCUT2D eigenvalue weighted by Crippen LogP contribution is -2.16. The Balaban J connectivity index is 2.33. The fourth-order valence-electron chi connectivity index (χ4n) is 1.62. The number of rotatable bonds is 4. The number of nitrogens with one attached hydrogen (secondary N) is 1. The SMILES string of the molecule is N/C(=N/O)c1ccc(NS(=O)(=O)c2ccccc2)c(F)c1. The Morgan fingerprint density at radius 3 is 2.43 bits per heavy atom. The molecular weight excluding hydrogens is 297 g/mol. The maximum absolute atomic E-state index is 13.9. The minimum atomic E-state index is -3.88. The van der Waals surface area contributed by atoms with Gasteiger partial charge < -0.3 is 10.9 Å². The zero-order valence-electron chi connectivity index (χ0n) is 10.7. The van der Waals surface area contributed by atoms with Crippen molar-refractivity contribution in [1.29, 1.82) is 0 Å². The van der Waals surface area contributed by atoms with Crippen LogP contribution in [0.15, 0.2) is 58.6 Å². The Morgan fingerprint density at radius 1 is 1.19 bits per heavy atom. The van der Waals surface area contributed by atoms with Gasteiger partial charge in [0.1, 0.15) is 5.82 Å². The highest BCUT2D eigenvalue weighted by molar-refractivity contribution is 7.92. The number of benzene rings is 2. The number of nitrogens with two attached hydrogens (primary N) is 1. The van der Waals surface area contributed by atoms with E-state index in [1.807, 2.05) is 0 Å². The molecule has 0 unspecified atom stereocenters. The van der Waals surface area contributed by atoms with Crippen molar-refractivity contribution in [2.75, 3.05) is 4.72 Å². The van der Waals surface area contributed by atoms with Crippen LogP contribution in [0.1, 0.15) is 5.56 Å². The van der Waals surface area contributed by atoms with Gasteiger partial charge in [-0.3, -0.25) is 4.72 Å². The summed E-state index contributed by atoms with van der Waals surface area (Å²) in [5.41, 5.74) is 5.23. The number of hydrogen-bond donors (Lipinski definition) is 3. The van der Waals surface area contributed by atoms with Gasteiger partial charge in [-0.15, -0.1) is 0 Å². The van der Waals surface area contributed by atoms with Crippen LogP contribution in [0.5, 0.6) is 0 Å². The molecule has 0 spiro atoms. The van der Waals surface area contributed by atoms with Gasteiger partial charge in [0.25, 0.3) is 10.0 Å². The van der Waals surface area contributed by atoms with E-state index in [-0.39, 0.29) is 22.0 Å². The molecule has 0 aliphatic carbocycles. The fourth-order valence-corrected chi connectivity index (χ4v) is 2.71. The maximum atomic E-state index is 13.9. The molecule has 0 radical (unpaired) electrons. The van der Waals surface area contributed by atoms with E-state index >= 15 is 0 Å². The Morgan fingerprint density at radius 2 is 1.86 bits per heavy atom. The van der Waals surface area contributed by atoms with Crippen molar-refractivity contribution in [2.24, 2.45) is 10.9 Å². The number of sulfonamides is 1. The Labute approximate surface area is 120 Å². The third kappa shape index (κ3) is 3.29. The van der Waals surface area contributed by atoms with Crippen LogP contribution in [0, 0.1) is 5.82 Å². The number of halogens is 1. The van der Waals surface area contributed by atoms with Crippen LogP contribution in [-0.4, -0.2) is 19.5 Å². The molecule has 2 aromatic carbocycles. The first-order valence-electron chi connectivity index (χ1n) is 5.79. The summed E-state index contributed by atoms with van der Waals surface area (Å²) in [6, 6.07) is 11.1. The number of nitrogens with zero attached hydrogens (tertiary/aromatic N) is 1. The molecule has 0 saturated carbocycles. The van der Waals surface area contributed by atoms with Crippen LogP contribution in [0.2, 0.25) is 0 Å². The van der Waals surface area contributed by atoms with E-state index in [4.69, 9.17) is 10.9 Å². The van der Waals surface area contributed by atoms with Crippen molar-refractivity contribution in [2.45, 2.75) is 4.90 Å². The van der Waals surface area contributed by atoms with Crippen LogP contribution in [-0.2, 0) is 10.0 Å². The highest BCUT2D eigenvalue weighted by Gasteiger charge is 2.16. The molecule has 0 aromatic heterocycles. The van der Waals surface area contributed by atoms with Crippen LogP contribution in [0.3, 0.4) is 0 Å². The van der Waals surface area contributed by atoms with Gasteiger partial charge in [0, 0.05) is 5.56 Å². The molecule has 0 amide bonds. The third-order valence-corrected chi connectivity index (χ3v) is 4.05. The first kappa shape index (κ1) is 14.8. The monoisotopic (exact) mass is 309 g/mol. The smallest absolute Gasteiger partial charge is 0.261 e. The van der Waals surface area contributed by atoms with E-state index in [0.29, 0.717) is 0 Å². The predicted octanol–water partition coefficient (Wildman–Crippen LogP) is 1.72. The second-order valence-electron chi connectivity index (χ2n) is 4.10. The second kappa shape index (κ2) is 5.80.